The van der Waals surface area contributed by atoms with Crippen LogP contribution in [0.5, 0.6) is 0 Å². The van der Waals surface area contributed by atoms with Crippen LogP contribution in [0.2, 0.25) is 0 Å². The van der Waals surface area contributed by atoms with Crippen LogP contribution in [0.3, 0.4) is 0 Å². The van der Waals surface area contributed by atoms with Crippen LogP contribution >= 0.6 is 0 Å². The number of hydrogen-bond acceptors (Lipinski definition) is 3. The molecular formula is C11H21NO3S. The molecule has 0 bridgehead atoms. The molecule has 1 fully saturated rings. The quantitative estimate of drug-likeness (QED) is 0.760. The van der Waals surface area contributed by atoms with Crippen LogP contribution in [0.15, 0.2) is 0 Å². The standard InChI is InChI=1S/C11H21NO3S/c1-9(13)8-10-6-5-7-12(10)16(14,15)11(2,3)4/h10H,5-8H2,1-4H3. The Hall–Kier alpha value is -0.420. The summed E-state index contributed by atoms with van der Waals surface area (Å²) >= 11 is 0. The lowest BCUT2D eigenvalue weighted by atomic mass is 10.1. The van der Waals surface area contributed by atoms with Crippen LogP contribution < -0.4 is 0 Å². The van der Waals surface area contributed by atoms with E-state index in [-0.39, 0.29) is 11.8 Å². The van der Waals surface area contributed by atoms with Crippen molar-refractivity contribution in [2.75, 3.05) is 6.54 Å². The Labute approximate surface area is 98.1 Å². The summed E-state index contributed by atoms with van der Waals surface area (Å²) in [4.78, 5) is 11.1. The fourth-order valence-corrected chi connectivity index (χ4v) is 3.66. The summed E-state index contributed by atoms with van der Waals surface area (Å²) < 4.78 is 25.3. The van der Waals surface area contributed by atoms with Gasteiger partial charge >= 0.3 is 0 Å². The maximum atomic E-state index is 12.3. The first-order chi connectivity index (χ1) is 7.16. The largest absolute Gasteiger partial charge is 0.300 e. The highest BCUT2D eigenvalue weighted by Gasteiger charge is 2.41. The zero-order valence-corrected chi connectivity index (χ0v) is 11.3. The SMILES string of the molecule is CC(=O)CC1CCCN1S(=O)(=O)C(C)(C)C. The first-order valence-electron chi connectivity index (χ1n) is 5.67. The Morgan fingerprint density at radius 2 is 1.94 bits per heavy atom. The summed E-state index contributed by atoms with van der Waals surface area (Å²) in [6, 6.07) is -0.123. The minimum Gasteiger partial charge on any atom is -0.300 e. The van der Waals surface area contributed by atoms with E-state index < -0.39 is 14.8 Å². The number of carbonyl (C=O) groups excluding carboxylic acids is 1. The molecule has 1 unspecified atom stereocenters. The monoisotopic (exact) mass is 247 g/mol. The van der Waals surface area contributed by atoms with Gasteiger partial charge in [0, 0.05) is 19.0 Å². The topological polar surface area (TPSA) is 54.5 Å². The molecule has 1 rings (SSSR count). The van der Waals surface area contributed by atoms with E-state index >= 15 is 0 Å². The maximum absolute atomic E-state index is 12.3. The number of sulfonamides is 1. The van der Waals surface area contributed by atoms with Gasteiger partial charge in [-0.2, -0.15) is 4.31 Å². The van der Waals surface area contributed by atoms with Crippen molar-refractivity contribution in [3.8, 4) is 0 Å². The van der Waals surface area contributed by atoms with Gasteiger partial charge in [0.25, 0.3) is 0 Å². The van der Waals surface area contributed by atoms with Crippen molar-refractivity contribution in [1.82, 2.24) is 4.31 Å². The summed E-state index contributed by atoms with van der Waals surface area (Å²) in [5, 5.41) is 0. The van der Waals surface area contributed by atoms with Gasteiger partial charge < -0.3 is 0 Å². The number of nitrogens with zero attached hydrogens (tertiary/aromatic N) is 1. The Morgan fingerprint density at radius 3 is 2.38 bits per heavy atom. The average Bonchev–Trinajstić information content (AvgIpc) is 2.49. The number of rotatable bonds is 3. The number of ketones is 1. The summed E-state index contributed by atoms with van der Waals surface area (Å²) in [5.41, 5.74) is 0. The Balaban J connectivity index is 2.91. The van der Waals surface area contributed by atoms with Crippen LogP contribution in [0.1, 0.15) is 47.0 Å². The number of carbonyl (C=O) groups is 1. The third-order valence-corrected chi connectivity index (χ3v) is 5.57. The zero-order chi connectivity index (χ0) is 12.6. The van der Waals surface area contributed by atoms with Gasteiger partial charge in [-0.1, -0.05) is 0 Å². The Morgan fingerprint density at radius 1 is 1.38 bits per heavy atom. The highest BCUT2D eigenvalue weighted by atomic mass is 32.2. The smallest absolute Gasteiger partial charge is 0.219 e. The van der Waals surface area contributed by atoms with Gasteiger partial charge in [0.05, 0.1) is 4.75 Å². The maximum Gasteiger partial charge on any atom is 0.219 e. The molecule has 0 N–H and O–H groups in total. The Bertz CT molecular complexity index is 367. The van der Waals surface area contributed by atoms with E-state index in [0.29, 0.717) is 13.0 Å². The molecule has 0 aromatic heterocycles. The molecule has 1 atom stereocenters. The second-order valence-electron chi connectivity index (χ2n) is 5.43. The van der Waals surface area contributed by atoms with Crippen LogP contribution in [0, 0.1) is 0 Å². The van der Waals surface area contributed by atoms with E-state index in [2.05, 4.69) is 0 Å². The first-order valence-corrected chi connectivity index (χ1v) is 7.11. The van der Waals surface area contributed by atoms with Gasteiger partial charge in [0.15, 0.2) is 0 Å². The summed E-state index contributed by atoms with van der Waals surface area (Å²) in [6.45, 7) is 7.17. The molecule has 0 aliphatic carbocycles. The lowest BCUT2D eigenvalue weighted by molar-refractivity contribution is -0.117. The van der Waals surface area contributed by atoms with Crippen LogP contribution in [-0.2, 0) is 14.8 Å². The molecule has 0 saturated carbocycles. The zero-order valence-electron chi connectivity index (χ0n) is 10.5. The van der Waals surface area contributed by atoms with Crippen LogP contribution in [0.4, 0.5) is 0 Å². The fraction of sp³-hybridized carbons (Fsp3) is 0.909. The van der Waals surface area contributed by atoms with Crippen LogP contribution in [-0.4, -0.2) is 35.8 Å². The van der Waals surface area contributed by atoms with Gasteiger partial charge in [-0.3, -0.25) is 4.79 Å². The predicted octanol–water partition coefficient (Wildman–Crippen LogP) is 1.56. The van der Waals surface area contributed by atoms with Gasteiger partial charge in [0.2, 0.25) is 10.0 Å². The molecule has 1 aliphatic heterocycles. The van der Waals surface area contributed by atoms with Crippen molar-refractivity contribution in [2.45, 2.75) is 57.7 Å². The molecule has 0 aromatic carbocycles. The lowest BCUT2D eigenvalue weighted by Gasteiger charge is -2.30. The molecule has 0 spiro atoms. The molecule has 1 heterocycles. The minimum atomic E-state index is -3.29. The molecule has 0 radical (unpaired) electrons. The highest BCUT2D eigenvalue weighted by molar-refractivity contribution is 7.90. The van der Waals surface area contributed by atoms with E-state index in [1.807, 2.05) is 0 Å². The minimum absolute atomic E-state index is 0.0565. The first kappa shape index (κ1) is 13.6. The van der Waals surface area contributed by atoms with Crippen molar-refractivity contribution in [3.05, 3.63) is 0 Å². The molecular weight excluding hydrogens is 226 g/mol. The summed E-state index contributed by atoms with van der Waals surface area (Å²) in [7, 11) is -3.29. The Kier molecular flexibility index (Phi) is 3.80. The number of hydrogen-bond donors (Lipinski definition) is 0. The van der Waals surface area contributed by atoms with Gasteiger partial charge in [-0.25, -0.2) is 8.42 Å². The van der Waals surface area contributed by atoms with E-state index in [4.69, 9.17) is 0 Å². The lowest BCUT2D eigenvalue weighted by Crippen LogP contribution is -2.45. The highest BCUT2D eigenvalue weighted by Crippen LogP contribution is 2.30. The molecule has 16 heavy (non-hydrogen) atoms. The molecule has 0 amide bonds. The fourth-order valence-electron chi connectivity index (χ4n) is 2.01. The second kappa shape index (κ2) is 4.45. The third-order valence-electron chi connectivity index (χ3n) is 2.93. The average molecular weight is 247 g/mol. The van der Waals surface area contributed by atoms with Crippen molar-refractivity contribution >= 4 is 15.8 Å². The second-order valence-corrected chi connectivity index (χ2v) is 8.07. The summed E-state index contributed by atoms with van der Waals surface area (Å²) in [6.07, 6.45) is 2.00. The number of Topliss-reactive ketones (excluding diaryl/α,β-unsaturated/α-hetero) is 1. The van der Waals surface area contributed by atoms with Gasteiger partial charge in [-0.05, 0) is 40.5 Å². The van der Waals surface area contributed by atoms with Crippen LogP contribution in [0.25, 0.3) is 0 Å². The third kappa shape index (κ3) is 2.63. The predicted molar refractivity (Wildman–Crippen MR) is 63.7 cm³/mol. The molecule has 1 saturated heterocycles. The van der Waals surface area contributed by atoms with E-state index in [9.17, 15) is 13.2 Å². The van der Waals surface area contributed by atoms with Crippen molar-refractivity contribution < 1.29 is 13.2 Å². The molecule has 5 heteroatoms. The van der Waals surface area contributed by atoms with E-state index in [1.165, 1.54) is 11.2 Å². The van der Waals surface area contributed by atoms with Crippen molar-refractivity contribution in [2.24, 2.45) is 0 Å². The normalized spacial score (nSPS) is 23.6. The van der Waals surface area contributed by atoms with Crippen molar-refractivity contribution in [3.63, 3.8) is 0 Å². The van der Waals surface area contributed by atoms with Gasteiger partial charge in [-0.15, -0.1) is 0 Å². The van der Waals surface area contributed by atoms with Gasteiger partial charge in [0.1, 0.15) is 5.78 Å². The van der Waals surface area contributed by atoms with E-state index in [1.54, 1.807) is 20.8 Å². The summed E-state index contributed by atoms with van der Waals surface area (Å²) in [5.74, 6) is 0.0565. The molecule has 1 aliphatic rings. The molecule has 0 aromatic rings. The van der Waals surface area contributed by atoms with E-state index in [0.717, 1.165) is 12.8 Å². The molecule has 94 valence electrons. The molecule has 4 nitrogen and oxygen atoms in total. The van der Waals surface area contributed by atoms with Crippen molar-refractivity contribution in [1.29, 1.82) is 0 Å².